The minimum Gasteiger partial charge on any atom is -0.467 e. The summed E-state index contributed by atoms with van der Waals surface area (Å²) in [5, 5.41) is 10.7. The zero-order chi connectivity index (χ0) is 15.5. The Bertz CT molecular complexity index is 736. The Hall–Kier alpha value is -2.95. The molecule has 1 atom stereocenters. The smallest absolute Gasteiger partial charge is 0.269 e. The Morgan fingerprint density at radius 2 is 1.86 bits per heavy atom. The number of ether oxygens (including phenoxy) is 1. The molecule has 3 rings (SSSR count). The number of benzene rings is 2. The monoisotopic (exact) mass is 294 g/mol. The van der Waals surface area contributed by atoms with Crippen molar-refractivity contribution >= 4 is 17.2 Å². The third-order valence-corrected chi connectivity index (χ3v) is 3.51. The molecular formula is C17H14N2O3. The van der Waals surface area contributed by atoms with Gasteiger partial charge in [0, 0.05) is 17.7 Å². The molecule has 2 aromatic rings. The molecule has 0 aliphatic carbocycles. The van der Waals surface area contributed by atoms with Crippen LogP contribution in [-0.4, -0.2) is 23.5 Å². The van der Waals surface area contributed by atoms with E-state index in [1.54, 1.807) is 12.1 Å². The lowest BCUT2D eigenvalue weighted by atomic mass is 10.0. The second kappa shape index (κ2) is 5.81. The van der Waals surface area contributed by atoms with Crippen molar-refractivity contribution in [3.05, 3.63) is 82.4 Å². The second-order valence-corrected chi connectivity index (χ2v) is 4.95. The minimum absolute atomic E-state index is 0.0603. The van der Waals surface area contributed by atoms with Gasteiger partial charge in [-0.05, 0) is 35.4 Å². The predicted molar refractivity (Wildman–Crippen MR) is 84.8 cm³/mol. The van der Waals surface area contributed by atoms with Gasteiger partial charge in [0.1, 0.15) is 6.10 Å². The van der Waals surface area contributed by atoms with Gasteiger partial charge in [0.25, 0.3) is 5.69 Å². The topological polar surface area (TPSA) is 64.7 Å². The fourth-order valence-electron chi connectivity index (χ4n) is 2.28. The quantitative estimate of drug-likeness (QED) is 0.640. The van der Waals surface area contributed by atoms with Gasteiger partial charge in [-0.25, -0.2) is 4.99 Å². The molecule has 0 radical (unpaired) electrons. The largest absolute Gasteiger partial charge is 0.467 e. The fourth-order valence-corrected chi connectivity index (χ4v) is 2.28. The summed E-state index contributed by atoms with van der Waals surface area (Å²) in [5.41, 5.74) is 2.58. The lowest BCUT2D eigenvalue weighted by molar-refractivity contribution is -0.384. The van der Waals surface area contributed by atoms with E-state index in [1.807, 2.05) is 30.3 Å². The number of aliphatic imine (C=N–C) groups is 1. The van der Waals surface area contributed by atoms with Crippen molar-refractivity contribution in [2.24, 2.45) is 4.99 Å². The van der Waals surface area contributed by atoms with Crippen molar-refractivity contribution in [3.8, 4) is 0 Å². The minimum atomic E-state index is -0.421. The molecule has 0 bridgehead atoms. The van der Waals surface area contributed by atoms with E-state index >= 15 is 0 Å². The first-order chi connectivity index (χ1) is 10.6. The Labute approximate surface area is 127 Å². The van der Waals surface area contributed by atoms with E-state index in [0.29, 0.717) is 12.4 Å². The van der Waals surface area contributed by atoms with Crippen molar-refractivity contribution in [2.75, 3.05) is 6.54 Å². The number of rotatable bonds is 4. The molecule has 5 heteroatoms. The van der Waals surface area contributed by atoms with Gasteiger partial charge in [-0.3, -0.25) is 10.1 Å². The average molecular weight is 294 g/mol. The van der Waals surface area contributed by atoms with E-state index < -0.39 is 4.92 Å². The third-order valence-electron chi connectivity index (χ3n) is 3.51. The van der Waals surface area contributed by atoms with Crippen LogP contribution in [0.3, 0.4) is 0 Å². The summed E-state index contributed by atoms with van der Waals surface area (Å²) in [7, 11) is 0. The number of nitro benzene ring substituents is 1. The van der Waals surface area contributed by atoms with E-state index in [4.69, 9.17) is 4.74 Å². The van der Waals surface area contributed by atoms with Gasteiger partial charge < -0.3 is 4.74 Å². The van der Waals surface area contributed by atoms with Crippen LogP contribution in [-0.2, 0) is 4.74 Å². The molecule has 110 valence electrons. The first-order valence-corrected chi connectivity index (χ1v) is 6.85. The van der Waals surface area contributed by atoms with Crippen LogP contribution in [0.4, 0.5) is 5.69 Å². The molecule has 0 fully saturated rings. The number of non-ortho nitro benzene ring substituents is 1. The zero-order valence-corrected chi connectivity index (χ0v) is 11.8. The Kier molecular flexibility index (Phi) is 3.70. The standard InChI is InChI=1S/C17H14N2O3/c1-12(13-7-9-15(10-8-13)19(20)21)16-11-18-17(22-16)14-5-3-2-4-6-14/h2-10,16H,1,11H2. The summed E-state index contributed by atoms with van der Waals surface area (Å²) in [6.07, 6.45) is -0.239. The summed E-state index contributed by atoms with van der Waals surface area (Å²) in [6.45, 7) is 4.54. The predicted octanol–water partition coefficient (Wildman–Crippen LogP) is 3.45. The van der Waals surface area contributed by atoms with E-state index in [1.165, 1.54) is 12.1 Å². The Morgan fingerprint density at radius 1 is 1.18 bits per heavy atom. The van der Waals surface area contributed by atoms with Crippen molar-refractivity contribution in [2.45, 2.75) is 6.10 Å². The van der Waals surface area contributed by atoms with Crippen LogP contribution in [0.1, 0.15) is 11.1 Å². The van der Waals surface area contributed by atoms with Gasteiger partial charge in [-0.2, -0.15) is 0 Å². The highest BCUT2D eigenvalue weighted by Crippen LogP contribution is 2.25. The maximum atomic E-state index is 10.7. The van der Waals surface area contributed by atoms with Gasteiger partial charge in [-0.1, -0.05) is 24.8 Å². The van der Waals surface area contributed by atoms with Crippen LogP contribution < -0.4 is 0 Å². The number of hydrogen-bond donors (Lipinski definition) is 0. The molecular weight excluding hydrogens is 280 g/mol. The number of nitro groups is 1. The second-order valence-electron chi connectivity index (χ2n) is 4.95. The lowest BCUT2D eigenvalue weighted by Crippen LogP contribution is -2.15. The first kappa shape index (κ1) is 14.0. The van der Waals surface area contributed by atoms with Crippen molar-refractivity contribution < 1.29 is 9.66 Å². The molecule has 0 aromatic heterocycles. The highest BCUT2D eigenvalue weighted by Gasteiger charge is 2.24. The SMILES string of the molecule is C=C(c1ccc([N+](=O)[O-])cc1)C1CN=C(c2ccccc2)O1. The van der Waals surface area contributed by atoms with Gasteiger partial charge in [-0.15, -0.1) is 0 Å². The average Bonchev–Trinajstić information content (AvgIpc) is 3.05. The van der Waals surface area contributed by atoms with E-state index in [2.05, 4.69) is 11.6 Å². The highest BCUT2D eigenvalue weighted by molar-refractivity contribution is 5.96. The van der Waals surface area contributed by atoms with Crippen LogP contribution in [0.5, 0.6) is 0 Å². The van der Waals surface area contributed by atoms with Crippen molar-refractivity contribution in [1.29, 1.82) is 0 Å². The zero-order valence-electron chi connectivity index (χ0n) is 11.8. The van der Waals surface area contributed by atoms with Gasteiger partial charge in [0.2, 0.25) is 5.90 Å². The van der Waals surface area contributed by atoms with E-state index in [-0.39, 0.29) is 11.8 Å². The molecule has 1 heterocycles. The molecule has 2 aromatic carbocycles. The fraction of sp³-hybridized carbons (Fsp3) is 0.118. The summed E-state index contributed by atoms with van der Waals surface area (Å²) in [5.74, 6) is 0.605. The Balaban J connectivity index is 1.71. The number of hydrogen-bond acceptors (Lipinski definition) is 4. The molecule has 22 heavy (non-hydrogen) atoms. The van der Waals surface area contributed by atoms with Crippen LogP contribution in [0.15, 0.2) is 66.2 Å². The maximum absolute atomic E-state index is 10.7. The maximum Gasteiger partial charge on any atom is 0.269 e. The van der Waals surface area contributed by atoms with Gasteiger partial charge >= 0.3 is 0 Å². The molecule has 1 unspecified atom stereocenters. The highest BCUT2D eigenvalue weighted by atomic mass is 16.6. The third kappa shape index (κ3) is 2.74. The normalized spacial score (nSPS) is 16.7. The van der Waals surface area contributed by atoms with Crippen molar-refractivity contribution in [1.82, 2.24) is 0 Å². The van der Waals surface area contributed by atoms with Crippen LogP contribution in [0, 0.1) is 10.1 Å². The molecule has 0 saturated carbocycles. The molecule has 5 nitrogen and oxygen atoms in total. The van der Waals surface area contributed by atoms with Crippen LogP contribution >= 0.6 is 0 Å². The summed E-state index contributed by atoms with van der Waals surface area (Å²) in [4.78, 5) is 14.7. The molecule has 0 saturated heterocycles. The van der Waals surface area contributed by atoms with Crippen molar-refractivity contribution in [3.63, 3.8) is 0 Å². The summed E-state index contributed by atoms with van der Waals surface area (Å²) < 4.78 is 5.86. The lowest BCUT2D eigenvalue weighted by Gasteiger charge is -2.14. The Morgan fingerprint density at radius 3 is 2.50 bits per heavy atom. The van der Waals surface area contributed by atoms with Gasteiger partial charge in [0.05, 0.1) is 11.5 Å². The van der Waals surface area contributed by atoms with E-state index in [0.717, 1.165) is 16.7 Å². The molecule has 1 aliphatic heterocycles. The van der Waals surface area contributed by atoms with Gasteiger partial charge in [0.15, 0.2) is 0 Å². The summed E-state index contributed by atoms with van der Waals surface area (Å²) in [6, 6.07) is 16.0. The van der Waals surface area contributed by atoms with Crippen LogP contribution in [0.25, 0.3) is 5.57 Å². The van der Waals surface area contributed by atoms with Crippen LogP contribution in [0.2, 0.25) is 0 Å². The number of nitrogens with zero attached hydrogens (tertiary/aromatic N) is 2. The van der Waals surface area contributed by atoms with E-state index in [9.17, 15) is 10.1 Å². The first-order valence-electron chi connectivity index (χ1n) is 6.85. The molecule has 0 N–H and O–H groups in total. The molecule has 0 amide bonds. The molecule has 1 aliphatic rings. The summed E-state index contributed by atoms with van der Waals surface area (Å²) >= 11 is 0. The molecule has 0 spiro atoms.